The van der Waals surface area contributed by atoms with Crippen molar-refractivity contribution in [1.29, 1.82) is 0 Å². The number of esters is 4. The summed E-state index contributed by atoms with van der Waals surface area (Å²) in [5.41, 5.74) is 2.11. The first kappa shape index (κ1) is 32.8. The van der Waals surface area contributed by atoms with Crippen molar-refractivity contribution in [2.45, 2.75) is 77.8 Å². The number of likely N-dealkylation sites (tertiary alicyclic amines) is 2. The van der Waals surface area contributed by atoms with Gasteiger partial charge in [0, 0.05) is 13.1 Å². The van der Waals surface area contributed by atoms with Crippen molar-refractivity contribution in [1.82, 2.24) is 9.80 Å². The van der Waals surface area contributed by atoms with Crippen LogP contribution in [-0.4, -0.2) is 84.3 Å². The van der Waals surface area contributed by atoms with E-state index < -0.39 is 0 Å². The van der Waals surface area contributed by atoms with Crippen LogP contribution in [0.4, 0.5) is 0 Å². The van der Waals surface area contributed by atoms with Crippen molar-refractivity contribution in [3.63, 3.8) is 0 Å². The number of carbonyl (C=O) groups is 4. The van der Waals surface area contributed by atoms with Crippen LogP contribution in [0.2, 0.25) is 0 Å². The highest BCUT2D eigenvalue weighted by Crippen LogP contribution is 2.31. The SMILES string of the molecule is CCOC(=O)[C@H]1C[C@@H](C(=O)OCC)N1Cc1ccccc1.CCOC(=O)[C@H]1C[C@@H](C(=O)OCC)N1Cc1ccccc1. The van der Waals surface area contributed by atoms with Crippen LogP contribution in [0.1, 0.15) is 51.7 Å². The molecule has 228 valence electrons. The van der Waals surface area contributed by atoms with E-state index in [1.165, 1.54) is 0 Å². The second-order valence-electron chi connectivity index (χ2n) is 9.86. The Hall–Kier alpha value is -3.76. The molecule has 2 aliphatic heterocycles. The van der Waals surface area contributed by atoms with E-state index in [4.69, 9.17) is 18.9 Å². The Labute approximate surface area is 247 Å². The molecule has 0 unspecified atom stereocenters. The van der Waals surface area contributed by atoms with E-state index in [1.54, 1.807) is 27.7 Å². The Morgan fingerprint density at radius 1 is 0.524 bits per heavy atom. The van der Waals surface area contributed by atoms with Gasteiger partial charge in [0.1, 0.15) is 24.2 Å². The van der Waals surface area contributed by atoms with E-state index in [0.29, 0.717) is 52.4 Å². The Morgan fingerprint density at radius 2 is 0.786 bits per heavy atom. The molecule has 4 rings (SSSR count). The first-order valence-electron chi connectivity index (χ1n) is 14.6. The summed E-state index contributed by atoms with van der Waals surface area (Å²) < 4.78 is 20.3. The summed E-state index contributed by atoms with van der Waals surface area (Å²) in [5, 5.41) is 0. The lowest BCUT2D eigenvalue weighted by Gasteiger charge is -2.45. The minimum absolute atomic E-state index is 0.269. The number of rotatable bonds is 12. The third kappa shape index (κ3) is 8.62. The number of hydrogen-bond donors (Lipinski definition) is 0. The monoisotopic (exact) mass is 582 g/mol. The predicted molar refractivity (Wildman–Crippen MR) is 155 cm³/mol. The van der Waals surface area contributed by atoms with Crippen molar-refractivity contribution in [2.75, 3.05) is 26.4 Å². The van der Waals surface area contributed by atoms with Crippen molar-refractivity contribution < 1.29 is 38.1 Å². The van der Waals surface area contributed by atoms with Crippen LogP contribution >= 0.6 is 0 Å². The highest BCUT2D eigenvalue weighted by Gasteiger charge is 2.49. The van der Waals surface area contributed by atoms with Gasteiger partial charge in [-0.25, -0.2) is 0 Å². The van der Waals surface area contributed by atoms with E-state index in [9.17, 15) is 19.2 Å². The van der Waals surface area contributed by atoms with Gasteiger partial charge in [0.05, 0.1) is 26.4 Å². The molecule has 2 heterocycles. The largest absolute Gasteiger partial charge is 0.465 e. The minimum atomic E-state index is -0.362. The van der Waals surface area contributed by atoms with Gasteiger partial charge >= 0.3 is 23.9 Å². The molecule has 2 aromatic rings. The summed E-state index contributed by atoms with van der Waals surface area (Å²) in [5.74, 6) is -1.08. The molecule has 0 radical (unpaired) electrons. The summed E-state index contributed by atoms with van der Waals surface area (Å²) in [7, 11) is 0. The second kappa shape index (κ2) is 16.6. The van der Waals surface area contributed by atoms with E-state index in [1.807, 2.05) is 70.5 Å². The Bertz CT molecular complexity index is 1020. The maximum absolute atomic E-state index is 11.9. The average Bonchev–Trinajstić information content (AvgIpc) is 2.96. The number of hydrogen-bond acceptors (Lipinski definition) is 10. The highest BCUT2D eigenvalue weighted by molar-refractivity contribution is 5.85. The summed E-state index contributed by atoms with van der Waals surface area (Å²) in [6, 6.07) is 18.1. The molecule has 0 saturated carbocycles. The fraction of sp³-hybridized carbons (Fsp3) is 0.500. The molecule has 0 amide bonds. The molecular weight excluding hydrogens is 540 g/mol. The van der Waals surface area contributed by atoms with Gasteiger partial charge in [0.15, 0.2) is 0 Å². The lowest BCUT2D eigenvalue weighted by molar-refractivity contribution is -0.172. The van der Waals surface area contributed by atoms with Crippen LogP contribution in [0.5, 0.6) is 0 Å². The second-order valence-corrected chi connectivity index (χ2v) is 9.86. The van der Waals surface area contributed by atoms with Crippen LogP contribution < -0.4 is 0 Å². The van der Waals surface area contributed by atoms with Gasteiger partial charge in [-0.15, -0.1) is 0 Å². The Balaban J connectivity index is 0.000000230. The number of ether oxygens (including phenoxy) is 4. The number of carbonyl (C=O) groups excluding carboxylic acids is 4. The smallest absolute Gasteiger partial charge is 0.323 e. The molecule has 0 N–H and O–H groups in total. The van der Waals surface area contributed by atoms with Crippen LogP contribution in [0.25, 0.3) is 0 Å². The maximum Gasteiger partial charge on any atom is 0.323 e. The zero-order valence-electron chi connectivity index (χ0n) is 24.9. The molecule has 0 spiro atoms. The van der Waals surface area contributed by atoms with Gasteiger partial charge in [0.2, 0.25) is 0 Å². The molecule has 10 heteroatoms. The predicted octanol–water partition coefficient (Wildman–Crippen LogP) is 3.51. The molecule has 10 nitrogen and oxygen atoms in total. The molecule has 0 bridgehead atoms. The van der Waals surface area contributed by atoms with Crippen LogP contribution in [0.15, 0.2) is 60.7 Å². The zero-order chi connectivity index (χ0) is 30.5. The zero-order valence-corrected chi connectivity index (χ0v) is 24.9. The van der Waals surface area contributed by atoms with Crippen LogP contribution in [0, 0.1) is 0 Å². The molecule has 42 heavy (non-hydrogen) atoms. The van der Waals surface area contributed by atoms with Crippen LogP contribution in [0.3, 0.4) is 0 Å². The van der Waals surface area contributed by atoms with Gasteiger partial charge in [-0.05, 0) is 51.7 Å². The summed E-state index contributed by atoms with van der Waals surface area (Å²) in [6.45, 7) is 9.57. The summed E-state index contributed by atoms with van der Waals surface area (Å²) >= 11 is 0. The Morgan fingerprint density at radius 3 is 1.02 bits per heavy atom. The Kier molecular flexibility index (Phi) is 13.0. The molecule has 4 atom stereocenters. The molecule has 2 aromatic carbocycles. The van der Waals surface area contributed by atoms with Crippen molar-refractivity contribution in [2.24, 2.45) is 0 Å². The molecule has 0 aliphatic carbocycles. The molecule has 2 saturated heterocycles. The number of benzene rings is 2. The van der Waals surface area contributed by atoms with E-state index in [2.05, 4.69) is 0 Å². The van der Waals surface area contributed by atoms with Gasteiger partial charge in [-0.1, -0.05) is 60.7 Å². The van der Waals surface area contributed by atoms with E-state index in [0.717, 1.165) is 11.1 Å². The molecular formula is C32H42N2O8. The van der Waals surface area contributed by atoms with Crippen molar-refractivity contribution >= 4 is 23.9 Å². The van der Waals surface area contributed by atoms with Crippen molar-refractivity contribution in [3.05, 3.63) is 71.8 Å². The van der Waals surface area contributed by atoms with Crippen LogP contribution in [-0.2, 0) is 51.2 Å². The van der Waals surface area contributed by atoms with Gasteiger partial charge in [-0.2, -0.15) is 0 Å². The molecule has 0 aromatic heterocycles. The third-order valence-electron chi connectivity index (χ3n) is 7.15. The summed E-state index contributed by atoms with van der Waals surface area (Å²) in [4.78, 5) is 51.4. The topological polar surface area (TPSA) is 112 Å². The number of nitrogens with zero attached hydrogens (tertiary/aromatic N) is 2. The first-order valence-corrected chi connectivity index (χ1v) is 14.6. The van der Waals surface area contributed by atoms with Gasteiger partial charge in [0.25, 0.3) is 0 Å². The van der Waals surface area contributed by atoms with E-state index >= 15 is 0 Å². The minimum Gasteiger partial charge on any atom is -0.465 e. The third-order valence-corrected chi connectivity index (χ3v) is 7.15. The average molecular weight is 583 g/mol. The standard InChI is InChI=1S/2C16H21NO4/c2*1-3-20-15(18)13-10-14(16(19)21-4-2)17(13)11-12-8-6-5-7-9-12/h2*5-9,13-14H,3-4,10-11H2,1-2H3/t2*13-,14+. The lowest BCUT2D eigenvalue weighted by Crippen LogP contribution is -2.62. The fourth-order valence-electron chi connectivity index (χ4n) is 5.03. The molecule has 2 aliphatic rings. The normalized spacial score (nSPS) is 21.4. The quantitative estimate of drug-likeness (QED) is 0.272. The fourth-order valence-corrected chi connectivity index (χ4v) is 5.03. The first-order chi connectivity index (χ1) is 20.3. The molecule has 2 fully saturated rings. The van der Waals surface area contributed by atoms with Gasteiger partial charge in [-0.3, -0.25) is 29.0 Å². The van der Waals surface area contributed by atoms with Crippen molar-refractivity contribution in [3.8, 4) is 0 Å². The van der Waals surface area contributed by atoms with Gasteiger partial charge < -0.3 is 18.9 Å². The van der Waals surface area contributed by atoms with E-state index in [-0.39, 0.29) is 48.0 Å². The summed E-state index contributed by atoms with van der Waals surface area (Å²) in [6.07, 6.45) is 0.926. The maximum atomic E-state index is 11.9. The lowest BCUT2D eigenvalue weighted by atomic mass is 9.91. The highest BCUT2D eigenvalue weighted by atomic mass is 16.5.